The van der Waals surface area contributed by atoms with Crippen molar-refractivity contribution >= 4 is 38.9 Å². The minimum Gasteiger partial charge on any atom is -0.362 e. The van der Waals surface area contributed by atoms with Crippen molar-refractivity contribution in [1.82, 2.24) is 9.97 Å². The molecule has 2 aromatic rings. The standard InChI is InChI=1S/C12H14BrN5S/c13-10-11(15-6-16-12(10)18-14)17-8-2-1-3-9-7(8)4-5-19-9/h4-6,8H,1-3,14H2,(H2,15,16,17,18). The number of hydrazine groups is 1. The van der Waals surface area contributed by atoms with Gasteiger partial charge in [0.1, 0.15) is 16.6 Å². The van der Waals surface area contributed by atoms with E-state index in [1.165, 1.54) is 29.6 Å². The highest BCUT2D eigenvalue weighted by Crippen LogP contribution is 2.37. The van der Waals surface area contributed by atoms with Crippen LogP contribution in [0.5, 0.6) is 0 Å². The molecule has 0 saturated heterocycles. The van der Waals surface area contributed by atoms with E-state index in [0.717, 1.165) is 16.7 Å². The third kappa shape index (κ3) is 2.45. The van der Waals surface area contributed by atoms with Gasteiger partial charge in [0.25, 0.3) is 0 Å². The first-order chi connectivity index (χ1) is 9.29. The highest BCUT2D eigenvalue weighted by Gasteiger charge is 2.22. The highest BCUT2D eigenvalue weighted by atomic mass is 79.9. The normalized spacial score (nSPS) is 17.9. The number of hydrogen-bond donors (Lipinski definition) is 3. The first kappa shape index (κ1) is 12.8. The summed E-state index contributed by atoms with van der Waals surface area (Å²) in [6.07, 6.45) is 5.01. The summed E-state index contributed by atoms with van der Waals surface area (Å²) in [5, 5.41) is 5.64. The summed E-state index contributed by atoms with van der Waals surface area (Å²) in [4.78, 5) is 9.81. The summed E-state index contributed by atoms with van der Waals surface area (Å²) in [5.41, 5.74) is 3.94. The number of anilines is 2. The molecule has 5 nitrogen and oxygen atoms in total. The molecule has 0 bridgehead atoms. The maximum atomic E-state index is 5.42. The van der Waals surface area contributed by atoms with Gasteiger partial charge < -0.3 is 10.7 Å². The van der Waals surface area contributed by atoms with Crippen LogP contribution in [0.3, 0.4) is 0 Å². The van der Waals surface area contributed by atoms with E-state index < -0.39 is 0 Å². The third-order valence-corrected chi connectivity index (χ3v) is 5.04. The Kier molecular flexibility index (Phi) is 3.67. The van der Waals surface area contributed by atoms with Crippen molar-refractivity contribution in [1.29, 1.82) is 0 Å². The van der Waals surface area contributed by atoms with Crippen molar-refractivity contribution in [2.24, 2.45) is 5.84 Å². The lowest BCUT2D eigenvalue weighted by atomic mass is 9.94. The molecule has 2 aromatic heterocycles. The van der Waals surface area contributed by atoms with E-state index in [0.29, 0.717) is 11.9 Å². The van der Waals surface area contributed by atoms with Crippen LogP contribution in [0.15, 0.2) is 22.2 Å². The number of rotatable bonds is 3. The van der Waals surface area contributed by atoms with E-state index in [2.05, 4.69) is 48.1 Å². The summed E-state index contributed by atoms with van der Waals surface area (Å²) in [6.45, 7) is 0. The Morgan fingerprint density at radius 2 is 2.21 bits per heavy atom. The van der Waals surface area contributed by atoms with Gasteiger partial charge in [-0.2, -0.15) is 0 Å². The second kappa shape index (κ2) is 5.44. The molecule has 1 unspecified atom stereocenters. The number of thiophene rings is 1. The van der Waals surface area contributed by atoms with E-state index in [1.54, 1.807) is 0 Å². The second-order valence-electron chi connectivity index (χ2n) is 4.42. The average molecular weight is 340 g/mol. The van der Waals surface area contributed by atoms with Crippen LogP contribution >= 0.6 is 27.3 Å². The van der Waals surface area contributed by atoms with Gasteiger partial charge in [-0.3, -0.25) is 0 Å². The predicted molar refractivity (Wildman–Crippen MR) is 81.2 cm³/mol. The Hall–Kier alpha value is -1.18. The summed E-state index contributed by atoms with van der Waals surface area (Å²) in [5.74, 6) is 6.77. The molecule has 100 valence electrons. The molecule has 0 spiro atoms. The first-order valence-electron chi connectivity index (χ1n) is 6.09. The summed E-state index contributed by atoms with van der Waals surface area (Å²) in [7, 11) is 0. The molecule has 3 rings (SSSR count). The van der Waals surface area contributed by atoms with Gasteiger partial charge in [-0.05, 0) is 52.2 Å². The van der Waals surface area contributed by atoms with Gasteiger partial charge in [-0.15, -0.1) is 11.3 Å². The number of nitrogens with two attached hydrogens (primary N) is 1. The number of fused-ring (bicyclic) bond motifs is 1. The number of halogens is 1. The molecule has 0 saturated carbocycles. The molecule has 2 heterocycles. The predicted octanol–water partition coefficient (Wildman–Crippen LogP) is 3.08. The number of nitrogen functional groups attached to an aromatic ring is 1. The number of nitrogens with zero attached hydrogens (tertiary/aromatic N) is 2. The fourth-order valence-corrected chi connectivity index (χ4v) is 3.79. The van der Waals surface area contributed by atoms with Crippen molar-refractivity contribution in [3.8, 4) is 0 Å². The maximum absolute atomic E-state index is 5.42. The van der Waals surface area contributed by atoms with Crippen LogP contribution in [0.4, 0.5) is 11.6 Å². The van der Waals surface area contributed by atoms with Crippen LogP contribution in [-0.4, -0.2) is 9.97 Å². The Balaban J connectivity index is 1.87. The van der Waals surface area contributed by atoms with E-state index >= 15 is 0 Å². The van der Waals surface area contributed by atoms with Crippen LogP contribution in [0.2, 0.25) is 0 Å². The van der Waals surface area contributed by atoms with Gasteiger partial charge in [-0.1, -0.05) is 0 Å². The topological polar surface area (TPSA) is 75.9 Å². The Bertz CT molecular complexity index is 585. The van der Waals surface area contributed by atoms with Gasteiger partial charge in [0, 0.05) is 4.88 Å². The molecule has 0 radical (unpaired) electrons. The van der Waals surface area contributed by atoms with E-state index in [9.17, 15) is 0 Å². The van der Waals surface area contributed by atoms with Crippen LogP contribution in [0.25, 0.3) is 0 Å². The number of hydrogen-bond acceptors (Lipinski definition) is 6. The Morgan fingerprint density at radius 3 is 3.05 bits per heavy atom. The SMILES string of the molecule is NNc1ncnc(NC2CCCc3sccc32)c1Br. The van der Waals surface area contributed by atoms with Gasteiger partial charge in [0.2, 0.25) is 0 Å². The van der Waals surface area contributed by atoms with E-state index in [-0.39, 0.29) is 0 Å². The molecule has 1 aliphatic carbocycles. The second-order valence-corrected chi connectivity index (χ2v) is 6.21. The quantitative estimate of drug-likeness (QED) is 0.591. The zero-order chi connectivity index (χ0) is 13.2. The number of aryl methyl sites for hydroxylation is 1. The van der Waals surface area contributed by atoms with Crippen LogP contribution in [0, 0.1) is 0 Å². The summed E-state index contributed by atoms with van der Waals surface area (Å²) < 4.78 is 0.764. The van der Waals surface area contributed by atoms with Crippen molar-refractivity contribution in [3.63, 3.8) is 0 Å². The minimum absolute atomic E-state index is 0.312. The number of nitrogens with one attached hydrogen (secondary N) is 2. The molecule has 7 heteroatoms. The maximum Gasteiger partial charge on any atom is 0.159 e. The van der Waals surface area contributed by atoms with Crippen LogP contribution in [0.1, 0.15) is 29.3 Å². The van der Waals surface area contributed by atoms with Crippen molar-refractivity contribution in [3.05, 3.63) is 32.7 Å². The fraction of sp³-hybridized carbons (Fsp3) is 0.333. The Labute approximate surface area is 123 Å². The van der Waals surface area contributed by atoms with E-state index in [1.807, 2.05) is 11.3 Å². The lowest BCUT2D eigenvalue weighted by Crippen LogP contribution is -2.17. The first-order valence-corrected chi connectivity index (χ1v) is 7.76. The van der Waals surface area contributed by atoms with Crippen LogP contribution in [-0.2, 0) is 6.42 Å². The molecular formula is C12H14BrN5S. The van der Waals surface area contributed by atoms with Crippen molar-refractivity contribution < 1.29 is 0 Å². The molecule has 1 aliphatic rings. The minimum atomic E-state index is 0.312. The lowest BCUT2D eigenvalue weighted by molar-refractivity contribution is 0.606. The third-order valence-electron chi connectivity index (χ3n) is 3.29. The van der Waals surface area contributed by atoms with Crippen LogP contribution < -0.4 is 16.6 Å². The van der Waals surface area contributed by atoms with Gasteiger partial charge in [-0.25, -0.2) is 15.8 Å². The van der Waals surface area contributed by atoms with Gasteiger partial charge >= 0.3 is 0 Å². The van der Waals surface area contributed by atoms with Gasteiger partial charge in [0.05, 0.1) is 6.04 Å². The highest BCUT2D eigenvalue weighted by molar-refractivity contribution is 9.10. The molecule has 0 aliphatic heterocycles. The molecule has 4 N–H and O–H groups in total. The smallest absolute Gasteiger partial charge is 0.159 e. The van der Waals surface area contributed by atoms with E-state index in [4.69, 9.17) is 5.84 Å². The summed E-state index contributed by atoms with van der Waals surface area (Å²) in [6, 6.07) is 2.51. The summed E-state index contributed by atoms with van der Waals surface area (Å²) >= 11 is 5.31. The average Bonchev–Trinajstić information content (AvgIpc) is 2.90. The van der Waals surface area contributed by atoms with Gasteiger partial charge in [0.15, 0.2) is 5.82 Å². The Morgan fingerprint density at radius 1 is 1.37 bits per heavy atom. The van der Waals surface area contributed by atoms with Crippen molar-refractivity contribution in [2.75, 3.05) is 10.7 Å². The molecule has 0 aromatic carbocycles. The zero-order valence-corrected chi connectivity index (χ0v) is 12.6. The molecule has 0 amide bonds. The molecular weight excluding hydrogens is 326 g/mol. The molecule has 1 atom stereocenters. The zero-order valence-electron chi connectivity index (χ0n) is 10.2. The fourth-order valence-electron chi connectivity index (χ4n) is 2.37. The largest absolute Gasteiger partial charge is 0.362 e. The monoisotopic (exact) mass is 339 g/mol. The lowest BCUT2D eigenvalue weighted by Gasteiger charge is -2.24. The number of aromatic nitrogens is 2. The molecule has 19 heavy (non-hydrogen) atoms. The van der Waals surface area contributed by atoms with Crippen molar-refractivity contribution in [2.45, 2.75) is 25.3 Å². The molecule has 0 fully saturated rings.